The summed E-state index contributed by atoms with van der Waals surface area (Å²) in [4.78, 5) is 11.8. The molecule has 2 aromatic carbocycles. The first-order chi connectivity index (χ1) is 13.4. The fraction of sp³-hybridized carbons (Fsp3) is 0.381. The lowest BCUT2D eigenvalue weighted by atomic mass is 10.0. The normalized spacial score (nSPS) is 24.6. The fourth-order valence-corrected chi connectivity index (χ4v) is 3.18. The molecule has 0 spiro atoms. The smallest absolute Gasteiger partial charge is 0.251 e. The van der Waals surface area contributed by atoms with Gasteiger partial charge >= 0.3 is 0 Å². The van der Waals surface area contributed by atoms with E-state index < -0.39 is 24.7 Å². The van der Waals surface area contributed by atoms with Crippen LogP contribution < -0.4 is 10.1 Å². The minimum Gasteiger partial charge on any atom is -0.461 e. The second kappa shape index (κ2) is 8.68. The van der Waals surface area contributed by atoms with Crippen molar-refractivity contribution in [1.82, 2.24) is 5.32 Å². The third-order valence-electron chi connectivity index (χ3n) is 4.77. The zero-order valence-corrected chi connectivity index (χ0v) is 15.8. The molecule has 1 heterocycles. The van der Waals surface area contributed by atoms with Gasteiger partial charge in [-0.1, -0.05) is 18.2 Å². The van der Waals surface area contributed by atoms with Gasteiger partial charge in [0, 0.05) is 19.0 Å². The first kappa shape index (κ1) is 20.3. The molecule has 0 aliphatic carbocycles. The van der Waals surface area contributed by atoms with E-state index in [4.69, 9.17) is 9.47 Å². The maximum atomic E-state index is 14.2. The number of ether oxygens (including phenoxy) is 2. The number of aliphatic hydroxyl groups is 2. The van der Waals surface area contributed by atoms with Gasteiger partial charge in [0.15, 0.2) is 6.17 Å². The molecule has 2 aromatic rings. The second-order valence-electron chi connectivity index (χ2n) is 6.81. The number of hydrogen-bond acceptors (Lipinski definition) is 5. The Bertz CT molecular complexity index is 843. The minimum absolute atomic E-state index is 0.0249. The zero-order chi connectivity index (χ0) is 20.3. The van der Waals surface area contributed by atoms with Gasteiger partial charge < -0.3 is 25.0 Å². The molecule has 1 aliphatic rings. The van der Waals surface area contributed by atoms with Gasteiger partial charge in [0.2, 0.25) is 6.29 Å². The molecule has 1 saturated heterocycles. The Kier molecular flexibility index (Phi) is 6.28. The summed E-state index contributed by atoms with van der Waals surface area (Å²) < 4.78 is 25.3. The summed E-state index contributed by atoms with van der Waals surface area (Å²) in [6, 6.07) is 12.6. The standard InChI is InChI=1S/C21H24FNO5/c1-12-8-14(13-4-3-5-15(9-13)20(26)23-2)6-7-18(12)28-21-19(22)17(25)10-16(11-24)27-21/h3-9,16-17,19,21,24-25H,10-11H2,1-2H3,(H,23,26). The molecule has 1 amide bonds. The number of carbonyl (C=O) groups excluding carboxylic acids is 1. The Hall–Kier alpha value is -2.48. The molecule has 4 unspecified atom stereocenters. The highest BCUT2D eigenvalue weighted by molar-refractivity contribution is 5.95. The first-order valence-corrected chi connectivity index (χ1v) is 9.11. The van der Waals surface area contributed by atoms with Crippen molar-refractivity contribution in [3.63, 3.8) is 0 Å². The van der Waals surface area contributed by atoms with E-state index in [1.165, 1.54) is 0 Å². The molecule has 7 heteroatoms. The van der Waals surface area contributed by atoms with E-state index in [2.05, 4.69) is 5.32 Å². The summed E-state index contributed by atoms with van der Waals surface area (Å²) >= 11 is 0. The number of hydrogen-bond donors (Lipinski definition) is 3. The van der Waals surface area contributed by atoms with E-state index >= 15 is 0 Å². The zero-order valence-electron chi connectivity index (χ0n) is 15.8. The van der Waals surface area contributed by atoms with Crippen molar-refractivity contribution in [2.75, 3.05) is 13.7 Å². The lowest BCUT2D eigenvalue weighted by Gasteiger charge is -2.35. The van der Waals surface area contributed by atoms with Crippen molar-refractivity contribution in [3.05, 3.63) is 53.6 Å². The predicted molar refractivity (Wildman–Crippen MR) is 102 cm³/mol. The quantitative estimate of drug-likeness (QED) is 0.730. The van der Waals surface area contributed by atoms with Crippen LogP contribution in [0.1, 0.15) is 22.3 Å². The van der Waals surface area contributed by atoms with Crippen LogP contribution in [-0.4, -0.2) is 54.4 Å². The van der Waals surface area contributed by atoms with Crippen molar-refractivity contribution >= 4 is 5.91 Å². The van der Waals surface area contributed by atoms with Gasteiger partial charge in [-0.3, -0.25) is 4.79 Å². The van der Waals surface area contributed by atoms with Crippen molar-refractivity contribution in [3.8, 4) is 16.9 Å². The molecule has 150 valence electrons. The lowest BCUT2D eigenvalue weighted by Crippen LogP contribution is -2.49. The number of aryl methyl sites for hydroxylation is 1. The molecular weight excluding hydrogens is 365 g/mol. The highest BCUT2D eigenvalue weighted by Crippen LogP contribution is 2.30. The minimum atomic E-state index is -1.70. The molecule has 1 fully saturated rings. The first-order valence-electron chi connectivity index (χ1n) is 9.11. The largest absolute Gasteiger partial charge is 0.461 e. The molecule has 0 aromatic heterocycles. The number of rotatable bonds is 5. The average Bonchev–Trinajstić information content (AvgIpc) is 2.71. The SMILES string of the molecule is CNC(=O)c1cccc(-c2ccc(OC3OC(CO)CC(O)C3F)c(C)c2)c1. The summed E-state index contributed by atoms with van der Waals surface area (Å²) in [5.74, 6) is 0.253. The monoisotopic (exact) mass is 389 g/mol. The molecule has 6 nitrogen and oxygen atoms in total. The van der Waals surface area contributed by atoms with Gasteiger partial charge in [-0.15, -0.1) is 0 Å². The van der Waals surface area contributed by atoms with Crippen LogP contribution in [0.3, 0.4) is 0 Å². The summed E-state index contributed by atoms with van der Waals surface area (Å²) in [5.41, 5.74) is 3.05. The van der Waals surface area contributed by atoms with E-state index in [-0.39, 0.29) is 18.9 Å². The number of halogens is 1. The summed E-state index contributed by atoms with van der Waals surface area (Å²) in [6.07, 6.45) is -4.88. The molecule has 0 radical (unpaired) electrons. The number of benzene rings is 2. The number of nitrogens with one attached hydrogen (secondary N) is 1. The Balaban J connectivity index is 1.80. The van der Waals surface area contributed by atoms with Crippen LogP contribution in [0, 0.1) is 6.92 Å². The van der Waals surface area contributed by atoms with Gasteiger partial charge in [0.25, 0.3) is 5.91 Å². The Morgan fingerprint density at radius 3 is 2.71 bits per heavy atom. The summed E-state index contributed by atoms with van der Waals surface area (Å²) in [5, 5.41) is 21.6. The topological polar surface area (TPSA) is 88.0 Å². The predicted octanol–water partition coefficient (Wildman–Crippen LogP) is 2.21. The third-order valence-corrected chi connectivity index (χ3v) is 4.77. The number of carbonyl (C=O) groups is 1. The van der Waals surface area contributed by atoms with Crippen LogP contribution in [0.4, 0.5) is 4.39 Å². The Morgan fingerprint density at radius 2 is 2.04 bits per heavy atom. The van der Waals surface area contributed by atoms with Crippen LogP contribution >= 0.6 is 0 Å². The third kappa shape index (κ3) is 4.32. The maximum absolute atomic E-state index is 14.2. The van der Waals surface area contributed by atoms with E-state index in [0.29, 0.717) is 11.3 Å². The summed E-state index contributed by atoms with van der Waals surface area (Å²) in [6.45, 7) is 1.50. The van der Waals surface area contributed by atoms with Crippen LogP contribution in [0.2, 0.25) is 0 Å². The molecule has 3 N–H and O–H groups in total. The molecule has 28 heavy (non-hydrogen) atoms. The van der Waals surface area contributed by atoms with Crippen molar-refractivity contribution in [2.45, 2.75) is 38.0 Å². The maximum Gasteiger partial charge on any atom is 0.251 e. The van der Waals surface area contributed by atoms with Crippen LogP contribution in [-0.2, 0) is 4.74 Å². The number of amides is 1. The number of alkyl halides is 1. The lowest BCUT2D eigenvalue weighted by molar-refractivity contribution is -0.222. The van der Waals surface area contributed by atoms with E-state index in [1.807, 2.05) is 19.1 Å². The van der Waals surface area contributed by atoms with E-state index in [1.54, 1.807) is 37.4 Å². The van der Waals surface area contributed by atoms with Crippen molar-refractivity contribution in [1.29, 1.82) is 0 Å². The molecule has 0 saturated carbocycles. The van der Waals surface area contributed by atoms with Gasteiger partial charge in [-0.2, -0.15) is 0 Å². The van der Waals surface area contributed by atoms with Gasteiger partial charge in [0.05, 0.1) is 18.8 Å². The van der Waals surface area contributed by atoms with Gasteiger partial charge in [-0.25, -0.2) is 4.39 Å². The molecule has 3 rings (SSSR count). The molecule has 4 atom stereocenters. The van der Waals surface area contributed by atoms with Crippen molar-refractivity contribution in [2.24, 2.45) is 0 Å². The van der Waals surface area contributed by atoms with Crippen LogP contribution in [0.5, 0.6) is 5.75 Å². The highest BCUT2D eigenvalue weighted by atomic mass is 19.1. The molecule has 1 aliphatic heterocycles. The Morgan fingerprint density at radius 1 is 1.29 bits per heavy atom. The fourth-order valence-electron chi connectivity index (χ4n) is 3.18. The van der Waals surface area contributed by atoms with Gasteiger partial charge in [-0.05, 0) is 47.9 Å². The second-order valence-corrected chi connectivity index (χ2v) is 6.81. The summed E-state index contributed by atoms with van der Waals surface area (Å²) in [7, 11) is 1.58. The van der Waals surface area contributed by atoms with Crippen molar-refractivity contribution < 1.29 is 28.9 Å². The molecular formula is C21H24FNO5. The molecule has 0 bridgehead atoms. The van der Waals surface area contributed by atoms with Gasteiger partial charge in [0.1, 0.15) is 5.75 Å². The Labute approximate surface area is 162 Å². The number of aliphatic hydroxyl groups excluding tert-OH is 2. The van der Waals surface area contributed by atoms with Crippen LogP contribution in [0.15, 0.2) is 42.5 Å². The van der Waals surface area contributed by atoms with E-state index in [0.717, 1.165) is 16.7 Å². The van der Waals surface area contributed by atoms with Crippen LogP contribution in [0.25, 0.3) is 11.1 Å². The average molecular weight is 389 g/mol. The highest BCUT2D eigenvalue weighted by Gasteiger charge is 2.39. The van der Waals surface area contributed by atoms with E-state index in [9.17, 15) is 19.4 Å².